The fourth-order valence-corrected chi connectivity index (χ4v) is 2.31. The molecule has 1 fully saturated rings. The molecule has 6 nitrogen and oxygen atoms in total. The van der Waals surface area contributed by atoms with E-state index in [9.17, 15) is 9.59 Å². The first-order valence-corrected chi connectivity index (χ1v) is 6.76. The first-order chi connectivity index (χ1) is 8.37. The summed E-state index contributed by atoms with van der Waals surface area (Å²) in [5.74, 6) is -0.547. The number of aromatic nitrogens is 2. The van der Waals surface area contributed by atoms with Crippen LogP contribution in [0.1, 0.15) is 20.3 Å². The molecule has 1 unspecified atom stereocenters. The fourth-order valence-electron chi connectivity index (χ4n) is 1.84. The topological polar surface area (TPSA) is 73.3 Å². The van der Waals surface area contributed by atoms with Gasteiger partial charge in [0.2, 0.25) is 0 Å². The Hall–Kier alpha value is -0.670. The molecule has 100 valence electrons. The molecular weight excluding hydrogens is 351 g/mol. The van der Waals surface area contributed by atoms with Gasteiger partial charge < -0.3 is 9.47 Å². The molecule has 2 rings (SSSR count). The van der Waals surface area contributed by atoms with Crippen LogP contribution in [0.5, 0.6) is 0 Å². The van der Waals surface area contributed by atoms with E-state index in [2.05, 4.69) is 4.98 Å². The minimum Gasteiger partial charge on any atom is -0.348 e. The largest absolute Gasteiger partial charge is 0.348 e. The second-order valence-corrected chi connectivity index (χ2v) is 5.83. The number of H-pyrrole nitrogens is 1. The standard InChI is InChI=1S/C11H15IN2O4/c1-11(2)17-6-7(18-11)3-4-14-5-8(12)9(15)13-10(14)16/h5,7H,3-4,6H2,1-2H3,(H,13,15,16). The van der Waals surface area contributed by atoms with Crippen LogP contribution < -0.4 is 11.2 Å². The first kappa shape index (κ1) is 13.8. The average Bonchev–Trinajstić information content (AvgIpc) is 2.62. The molecule has 1 aromatic heterocycles. The van der Waals surface area contributed by atoms with Crippen molar-refractivity contribution in [2.24, 2.45) is 0 Å². The van der Waals surface area contributed by atoms with Crippen molar-refractivity contribution >= 4 is 22.6 Å². The Morgan fingerprint density at radius 2 is 2.28 bits per heavy atom. The number of aromatic amines is 1. The molecule has 0 saturated carbocycles. The van der Waals surface area contributed by atoms with E-state index in [0.29, 0.717) is 23.1 Å². The van der Waals surface area contributed by atoms with Crippen LogP contribution in [0.4, 0.5) is 0 Å². The molecule has 2 heterocycles. The van der Waals surface area contributed by atoms with Crippen molar-refractivity contribution < 1.29 is 9.47 Å². The smallest absolute Gasteiger partial charge is 0.328 e. The lowest BCUT2D eigenvalue weighted by Crippen LogP contribution is -2.32. The quantitative estimate of drug-likeness (QED) is 0.799. The predicted molar refractivity (Wildman–Crippen MR) is 73.6 cm³/mol. The van der Waals surface area contributed by atoms with Gasteiger partial charge in [-0.15, -0.1) is 0 Å². The molecule has 0 spiro atoms. The first-order valence-electron chi connectivity index (χ1n) is 5.68. The maximum absolute atomic E-state index is 11.6. The highest BCUT2D eigenvalue weighted by molar-refractivity contribution is 14.1. The number of rotatable bonds is 3. The molecule has 0 radical (unpaired) electrons. The zero-order chi connectivity index (χ0) is 13.3. The molecule has 1 N–H and O–H groups in total. The Bertz CT molecular complexity index is 549. The summed E-state index contributed by atoms with van der Waals surface area (Å²) >= 11 is 1.90. The molecule has 0 bridgehead atoms. The normalized spacial score (nSPS) is 22.3. The van der Waals surface area contributed by atoms with E-state index in [-0.39, 0.29) is 11.7 Å². The lowest BCUT2D eigenvalue weighted by atomic mass is 10.2. The van der Waals surface area contributed by atoms with Crippen LogP contribution in [0.2, 0.25) is 0 Å². The van der Waals surface area contributed by atoms with Crippen LogP contribution in [-0.2, 0) is 16.0 Å². The summed E-state index contributed by atoms with van der Waals surface area (Å²) in [5, 5.41) is 0. The van der Waals surface area contributed by atoms with Crippen LogP contribution >= 0.6 is 22.6 Å². The van der Waals surface area contributed by atoms with Crippen LogP contribution in [-0.4, -0.2) is 28.0 Å². The van der Waals surface area contributed by atoms with E-state index in [1.807, 2.05) is 36.4 Å². The van der Waals surface area contributed by atoms with Crippen LogP contribution in [0, 0.1) is 3.57 Å². The van der Waals surface area contributed by atoms with Crippen LogP contribution in [0.25, 0.3) is 0 Å². The SMILES string of the molecule is CC1(C)OCC(CCn2cc(I)c(=O)[nH]c2=O)O1. The highest BCUT2D eigenvalue weighted by Crippen LogP contribution is 2.24. The van der Waals surface area contributed by atoms with E-state index >= 15 is 0 Å². The Morgan fingerprint density at radius 3 is 2.89 bits per heavy atom. The Labute approximate surface area is 117 Å². The van der Waals surface area contributed by atoms with Gasteiger partial charge in [-0.1, -0.05) is 0 Å². The van der Waals surface area contributed by atoms with E-state index < -0.39 is 11.5 Å². The summed E-state index contributed by atoms with van der Waals surface area (Å²) in [5.41, 5.74) is -0.739. The minimum atomic E-state index is -0.547. The fraction of sp³-hybridized carbons (Fsp3) is 0.636. The maximum atomic E-state index is 11.6. The van der Waals surface area contributed by atoms with Gasteiger partial charge in [-0.05, 0) is 42.9 Å². The van der Waals surface area contributed by atoms with Gasteiger partial charge >= 0.3 is 5.69 Å². The summed E-state index contributed by atoms with van der Waals surface area (Å²) < 4.78 is 13.1. The number of aryl methyl sites for hydroxylation is 1. The van der Waals surface area contributed by atoms with Gasteiger partial charge in [0.15, 0.2) is 5.79 Å². The molecular formula is C11H15IN2O4. The average molecular weight is 366 g/mol. The van der Waals surface area contributed by atoms with Gasteiger partial charge in [0.1, 0.15) is 0 Å². The molecule has 18 heavy (non-hydrogen) atoms. The molecule has 1 atom stereocenters. The molecule has 1 aliphatic rings. The van der Waals surface area contributed by atoms with Gasteiger partial charge in [0.25, 0.3) is 5.56 Å². The minimum absolute atomic E-state index is 0.0171. The van der Waals surface area contributed by atoms with Crippen molar-refractivity contribution in [2.45, 2.75) is 38.7 Å². The number of ether oxygens (including phenoxy) is 2. The molecule has 1 aromatic rings. The molecule has 7 heteroatoms. The van der Waals surface area contributed by atoms with Crippen molar-refractivity contribution in [1.82, 2.24) is 9.55 Å². The van der Waals surface area contributed by atoms with Gasteiger partial charge in [0.05, 0.1) is 16.3 Å². The Kier molecular flexibility index (Phi) is 3.93. The van der Waals surface area contributed by atoms with Crippen molar-refractivity contribution in [3.05, 3.63) is 30.6 Å². The summed E-state index contributed by atoms with van der Waals surface area (Å²) in [6, 6.07) is 0. The van der Waals surface area contributed by atoms with Crippen LogP contribution in [0.3, 0.4) is 0 Å². The molecule has 0 aliphatic carbocycles. The highest BCUT2D eigenvalue weighted by atomic mass is 127. The van der Waals surface area contributed by atoms with Crippen molar-refractivity contribution in [3.8, 4) is 0 Å². The lowest BCUT2D eigenvalue weighted by molar-refractivity contribution is -0.139. The third-order valence-electron chi connectivity index (χ3n) is 2.73. The Morgan fingerprint density at radius 1 is 1.56 bits per heavy atom. The molecule has 1 saturated heterocycles. The third-order valence-corrected chi connectivity index (χ3v) is 3.50. The van der Waals surface area contributed by atoms with Gasteiger partial charge in [-0.2, -0.15) is 0 Å². The van der Waals surface area contributed by atoms with Crippen LogP contribution in [0.15, 0.2) is 15.8 Å². The summed E-state index contributed by atoms with van der Waals surface area (Å²) in [6.45, 7) is 4.75. The monoisotopic (exact) mass is 366 g/mol. The predicted octanol–water partition coefficient (Wildman–Crippen LogP) is 0.683. The van der Waals surface area contributed by atoms with E-state index in [0.717, 1.165) is 0 Å². The van der Waals surface area contributed by atoms with E-state index in [4.69, 9.17) is 9.47 Å². The lowest BCUT2D eigenvalue weighted by Gasteiger charge is -2.17. The maximum Gasteiger partial charge on any atom is 0.328 e. The van der Waals surface area contributed by atoms with Gasteiger partial charge in [-0.3, -0.25) is 14.3 Å². The van der Waals surface area contributed by atoms with Gasteiger partial charge in [0, 0.05) is 12.7 Å². The second kappa shape index (κ2) is 5.14. The second-order valence-electron chi connectivity index (χ2n) is 4.67. The molecule has 0 aromatic carbocycles. The molecule has 0 amide bonds. The number of nitrogens with one attached hydrogen (secondary N) is 1. The number of nitrogens with zero attached hydrogens (tertiary/aromatic N) is 1. The summed E-state index contributed by atoms with van der Waals surface area (Å²) in [4.78, 5) is 25.0. The van der Waals surface area contributed by atoms with Crippen molar-refractivity contribution in [3.63, 3.8) is 0 Å². The number of halogens is 1. The van der Waals surface area contributed by atoms with E-state index in [1.54, 1.807) is 6.20 Å². The zero-order valence-electron chi connectivity index (χ0n) is 10.2. The van der Waals surface area contributed by atoms with E-state index in [1.165, 1.54) is 4.57 Å². The third kappa shape index (κ3) is 3.21. The molecule has 1 aliphatic heterocycles. The Balaban J connectivity index is 2.01. The van der Waals surface area contributed by atoms with Crippen molar-refractivity contribution in [2.75, 3.05) is 6.61 Å². The number of hydrogen-bond donors (Lipinski definition) is 1. The van der Waals surface area contributed by atoms with Gasteiger partial charge in [-0.25, -0.2) is 4.79 Å². The number of hydrogen-bond acceptors (Lipinski definition) is 4. The summed E-state index contributed by atoms with van der Waals surface area (Å²) in [6.07, 6.45) is 2.21. The highest BCUT2D eigenvalue weighted by Gasteiger charge is 2.32. The summed E-state index contributed by atoms with van der Waals surface area (Å²) in [7, 11) is 0. The zero-order valence-corrected chi connectivity index (χ0v) is 12.4. The van der Waals surface area contributed by atoms with Crippen molar-refractivity contribution in [1.29, 1.82) is 0 Å².